The molecule has 1 amide bonds. The molecular weight excluding hydrogens is 326 g/mol. The van der Waals surface area contributed by atoms with Crippen LogP contribution >= 0.6 is 11.3 Å². The van der Waals surface area contributed by atoms with Crippen LogP contribution in [0.2, 0.25) is 0 Å². The molecule has 24 heavy (non-hydrogen) atoms. The predicted molar refractivity (Wildman–Crippen MR) is 90.9 cm³/mol. The minimum absolute atomic E-state index is 0.113. The molecular formula is C17H13N3O3S. The third-order valence-electron chi connectivity index (χ3n) is 3.43. The SMILES string of the molecule is Cc1csc(NC(=O)Cc2cc(-c3cc4ccccc4o3)on2)n1. The first kappa shape index (κ1) is 14.6. The van der Waals surface area contributed by atoms with Crippen molar-refractivity contribution in [2.24, 2.45) is 0 Å². The number of aromatic nitrogens is 2. The lowest BCUT2D eigenvalue weighted by atomic mass is 10.2. The highest BCUT2D eigenvalue weighted by Crippen LogP contribution is 2.28. The van der Waals surface area contributed by atoms with Crippen LogP contribution in [0.3, 0.4) is 0 Å². The standard InChI is InChI=1S/C17H13N3O3S/c1-10-9-24-17(18-10)19-16(21)8-12-7-15(23-20-12)14-6-11-4-2-3-5-13(11)22-14/h2-7,9H,8H2,1H3,(H,18,19,21). The smallest absolute Gasteiger partial charge is 0.232 e. The Hall–Kier alpha value is -2.93. The van der Waals surface area contributed by atoms with Gasteiger partial charge in [-0.1, -0.05) is 23.4 Å². The van der Waals surface area contributed by atoms with Gasteiger partial charge in [-0.2, -0.15) is 0 Å². The van der Waals surface area contributed by atoms with Gasteiger partial charge in [0.1, 0.15) is 5.58 Å². The van der Waals surface area contributed by atoms with E-state index in [-0.39, 0.29) is 12.3 Å². The number of fused-ring (bicyclic) bond motifs is 1. The zero-order valence-corrected chi connectivity index (χ0v) is 13.6. The largest absolute Gasteiger partial charge is 0.453 e. The maximum Gasteiger partial charge on any atom is 0.232 e. The third-order valence-corrected chi connectivity index (χ3v) is 4.31. The lowest BCUT2D eigenvalue weighted by Crippen LogP contribution is -2.14. The highest BCUT2D eigenvalue weighted by Gasteiger charge is 2.14. The number of carbonyl (C=O) groups is 1. The molecule has 0 fully saturated rings. The molecule has 0 saturated carbocycles. The van der Waals surface area contributed by atoms with Crippen LogP contribution in [-0.4, -0.2) is 16.0 Å². The molecule has 4 rings (SSSR count). The van der Waals surface area contributed by atoms with Crippen molar-refractivity contribution >= 4 is 33.3 Å². The first-order valence-corrected chi connectivity index (χ1v) is 8.22. The summed E-state index contributed by atoms with van der Waals surface area (Å²) in [6.07, 6.45) is 0.113. The van der Waals surface area contributed by atoms with Gasteiger partial charge in [-0.05, 0) is 19.1 Å². The van der Waals surface area contributed by atoms with Crippen molar-refractivity contribution in [2.75, 3.05) is 5.32 Å². The third kappa shape index (κ3) is 2.93. The molecule has 0 radical (unpaired) electrons. The number of rotatable bonds is 4. The van der Waals surface area contributed by atoms with Crippen LogP contribution < -0.4 is 5.32 Å². The van der Waals surface area contributed by atoms with Gasteiger partial charge in [-0.15, -0.1) is 11.3 Å². The zero-order valence-electron chi connectivity index (χ0n) is 12.8. The summed E-state index contributed by atoms with van der Waals surface area (Å²) in [5.41, 5.74) is 2.20. The van der Waals surface area contributed by atoms with Gasteiger partial charge < -0.3 is 14.3 Å². The normalized spacial score (nSPS) is 11.0. The van der Waals surface area contributed by atoms with Crippen LogP contribution in [0.15, 0.2) is 50.7 Å². The molecule has 0 aliphatic carbocycles. The Bertz CT molecular complexity index is 982. The van der Waals surface area contributed by atoms with E-state index in [1.54, 1.807) is 6.07 Å². The molecule has 0 saturated heterocycles. The van der Waals surface area contributed by atoms with E-state index >= 15 is 0 Å². The van der Waals surface area contributed by atoms with Crippen molar-refractivity contribution < 1.29 is 13.7 Å². The molecule has 7 heteroatoms. The van der Waals surface area contributed by atoms with E-state index in [1.165, 1.54) is 11.3 Å². The summed E-state index contributed by atoms with van der Waals surface area (Å²) in [4.78, 5) is 16.2. The molecule has 0 aliphatic heterocycles. The molecule has 0 atom stereocenters. The maximum absolute atomic E-state index is 12.0. The van der Waals surface area contributed by atoms with Crippen LogP contribution in [0.5, 0.6) is 0 Å². The van der Waals surface area contributed by atoms with Crippen LogP contribution in [0.1, 0.15) is 11.4 Å². The number of carbonyl (C=O) groups excluding carboxylic acids is 1. The molecule has 0 unspecified atom stereocenters. The van der Waals surface area contributed by atoms with E-state index < -0.39 is 0 Å². The van der Waals surface area contributed by atoms with Gasteiger partial charge in [0.25, 0.3) is 0 Å². The van der Waals surface area contributed by atoms with Crippen molar-refractivity contribution in [3.63, 3.8) is 0 Å². The first-order valence-electron chi connectivity index (χ1n) is 7.34. The van der Waals surface area contributed by atoms with Gasteiger partial charge in [-0.25, -0.2) is 4.98 Å². The maximum atomic E-state index is 12.0. The van der Waals surface area contributed by atoms with Crippen molar-refractivity contribution in [1.82, 2.24) is 10.1 Å². The molecule has 0 bridgehead atoms. The molecule has 120 valence electrons. The van der Waals surface area contributed by atoms with Crippen LogP contribution in [0, 0.1) is 6.92 Å². The van der Waals surface area contributed by atoms with Crippen molar-refractivity contribution in [3.8, 4) is 11.5 Å². The Morgan fingerprint density at radius 3 is 2.92 bits per heavy atom. The first-order chi connectivity index (χ1) is 11.7. The van der Waals surface area contributed by atoms with E-state index in [0.29, 0.717) is 22.3 Å². The molecule has 1 aromatic carbocycles. The average molecular weight is 339 g/mol. The minimum Gasteiger partial charge on any atom is -0.453 e. The summed E-state index contributed by atoms with van der Waals surface area (Å²) in [6.45, 7) is 1.88. The van der Waals surface area contributed by atoms with E-state index in [9.17, 15) is 4.79 Å². The van der Waals surface area contributed by atoms with Crippen molar-refractivity contribution in [1.29, 1.82) is 0 Å². The molecule has 0 spiro atoms. The summed E-state index contributed by atoms with van der Waals surface area (Å²) >= 11 is 1.39. The highest BCUT2D eigenvalue weighted by atomic mass is 32.1. The number of aryl methyl sites for hydroxylation is 1. The number of furan rings is 1. The van der Waals surface area contributed by atoms with E-state index in [1.807, 2.05) is 42.6 Å². The lowest BCUT2D eigenvalue weighted by Gasteiger charge is -1.97. The fourth-order valence-electron chi connectivity index (χ4n) is 2.35. The Labute approximate surface area is 141 Å². The van der Waals surface area contributed by atoms with Crippen molar-refractivity contribution in [3.05, 3.63) is 53.2 Å². The second-order valence-electron chi connectivity index (χ2n) is 5.35. The monoisotopic (exact) mass is 339 g/mol. The van der Waals surface area contributed by atoms with Gasteiger partial charge in [0.15, 0.2) is 10.9 Å². The van der Waals surface area contributed by atoms with E-state index in [0.717, 1.165) is 16.7 Å². The summed E-state index contributed by atoms with van der Waals surface area (Å²) < 4.78 is 11.0. The number of thiazole rings is 1. The van der Waals surface area contributed by atoms with Crippen LogP contribution in [0.4, 0.5) is 5.13 Å². The van der Waals surface area contributed by atoms with Gasteiger partial charge in [0, 0.05) is 16.8 Å². The number of benzene rings is 1. The fourth-order valence-corrected chi connectivity index (χ4v) is 3.06. The fraction of sp³-hybridized carbons (Fsp3) is 0.118. The Kier molecular flexibility index (Phi) is 3.62. The second-order valence-corrected chi connectivity index (χ2v) is 6.21. The van der Waals surface area contributed by atoms with Gasteiger partial charge in [0.2, 0.25) is 11.7 Å². The Morgan fingerprint density at radius 2 is 2.12 bits per heavy atom. The average Bonchev–Trinajstić information content (AvgIpc) is 3.26. The summed E-state index contributed by atoms with van der Waals surface area (Å²) in [5, 5.41) is 10.1. The molecule has 3 aromatic heterocycles. The number of hydrogen-bond donors (Lipinski definition) is 1. The number of amides is 1. The number of nitrogens with zero attached hydrogens (tertiary/aromatic N) is 2. The topological polar surface area (TPSA) is 81.2 Å². The van der Waals surface area contributed by atoms with Crippen LogP contribution in [0.25, 0.3) is 22.5 Å². The summed E-state index contributed by atoms with van der Waals surface area (Å²) in [5.74, 6) is 0.902. The number of anilines is 1. The summed E-state index contributed by atoms with van der Waals surface area (Å²) in [7, 11) is 0. The van der Waals surface area contributed by atoms with Gasteiger partial charge >= 0.3 is 0 Å². The highest BCUT2D eigenvalue weighted by molar-refractivity contribution is 7.13. The molecule has 6 nitrogen and oxygen atoms in total. The lowest BCUT2D eigenvalue weighted by molar-refractivity contribution is -0.115. The predicted octanol–water partition coefficient (Wildman–Crippen LogP) is 4.03. The molecule has 4 aromatic rings. The Morgan fingerprint density at radius 1 is 1.25 bits per heavy atom. The number of para-hydroxylation sites is 1. The van der Waals surface area contributed by atoms with Crippen molar-refractivity contribution in [2.45, 2.75) is 13.3 Å². The van der Waals surface area contributed by atoms with E-state index in [2.05, 4.69) is 15.5 Å². The van der Waals surface area contributed by atoms with Gasteiger partial charge in [-0.3, -0.25) is 4.79 Å². The number of hydrogen-bond acceptors (Lipinski definition) is 6. The zero-order chi connectivity index (χ0) is 16.5. The molecule has 0 aliphatic rings. The number of nitrogens with one attached hydrogen (secondary N) is 1. The molecule has 3 heterocycles. The quantitative estimate of drug-likeness (QED) is 0.607. The second kappa shape index (κ2) is 5.93. The van der Waals surface area contributed by atoms with Crippen LogP contribution in [-0.2, 0) is 11.2 Å². The van der Waals surface area contributed by atoms with E-state index in [4.69, 9.17) is 8.94 Å². The minimum atomic E-state index is -0.186. The van der Waals surface area contributed by atoms with Gasteiger partial charge in [0.05, 0.1) is 17.8 Å². The molecule has 1 N–H and O–H groups in total. The summed E-state index contributed by atoms with van der Waals surface area (Å²) in [6, 6.07) is 11.3. The Balaban J connectivity index is 1.49.